The summed E-state index contributed by atoms with van der Waals surface area (Å²) in [4.78, 5) is 0. The molecule has 0 saturated carbocycles. The number of fused-ring (bicyclic) bond motifs is 1. The minimum Gasteiger partial charge on any atom is -0.393 e. The molecule has 2 aromatic rings. The van der Waals surface area contributed by atoms with E-state index in [9.17, 15) is 5.11 Å². The number of aromatic nitrogens is 2. The second kappa shape index (κ2) is 3.59. The molecule has 0 fully saturated rings. The summed E-state index contributed by atoms with van der Waals surface area (Å²) >= 11 is 5.96. The van der Waals surface area contributed by atoms with Gasteiger partial charge < -0.3 is 5.11 Å². The molecule has 3 nitrogen and oxygen atoms in total. The molecule has 74 valence electrons. The molecular weight excluding hydrogens is 200 g/mol. The van der Waals surface area contributed by atoms with Gasteiger partial charge in [-0.3, -0.25) is 5.10 Å². The molecule has 1 heterocycles. The Kier molecular flexibility index (Phi) is 2.44. The van der Waals surface area contributed by atoms with Crippen LogP contribution in [0.3, 0.4) is 0 Å². The van der Waals surface area contributed by atoms with Crippen LogP contribution in [0.5, 0.6) is 0 Å². The van der Waals surface area contributed by atoms with Crippen LogP contribution >= 0.6 is 11.6 Å². The van der Waals surface area contributed by atoms with Crippen LogP contribution in [0.2, 0.25) is 5.15 Å². The zero-order valence-electron chi connectivity index (χ0n) is 7.79. The predicted octanol–water partition coefficient (Wildman–Crippen LogP) is 2.14. The smallest absolute Gasteiger partial charge is 0.132 e. The average Bonchev–Trinajstić information content (AvgIpc) is 2.48. The first-order chi connectivity index (χ1) is 6.68. The highest BCUT2D eigenvalue weighted by atomic mass is 35.5. The van der Waals surface area contributed by atoms with Crippen LogP contribution in [0, 0.1) is 0 Å². The second-order valence-electron chi connectivity index (χ2n) is 3.40. The normalized spacial score (nSPS) is 13.4. The third-order valence-corrected chi connectivity index (χ3v) is 2.41. The molecule has 0 aliphatic rings. The van der Waals surface area contributed by atoms with E-state index in [1.54, 1.807) is 6.92 Å². The van der Waals surface area contributed by atoms with Crippen molar-refractivity contribution >= 4 is 22.5 Å². The van der Waals surface area contributed by atoms with E-state index >= 15 is 0 Å². The summed E-state index contributed by atoms with van der Waals surface area (Å²) in [7, 11) is 0. The van der Waals surface area contributed by atoms with Gasteiger partial charge >= 0.3 is 0 Å². The van der Waals surface area contributed by atoms with Crippen molar-refractivity contribution < 1.29 is 5.11 Å². The van der Waals surface area contributed by atoms with Gasteiger partial charge in [-0.15, -0.1) is 0 Å². The van der Waals surface area contributed by atoms with E-state index in [0.29, 0.717) is 11.6 Å². The van der Waals surface area contributed by atoms with Crippen molar-refractivity contribution in [1.82, 2.24) is 10.2 Å². The first kappa shape index (κ1) is 9.49. The lowest BCUT2D eigenvalue weighted by atomic mass is 10.1. The Morgan fingerprint density at radius 1 is 1.57 bits per heavy atom. The molecule has 4 heteroatoms. The summed E-state index contributed by atoms with van der Waals surface area (Å²) < 4.78 is 0. The van der Waals surface area contributed by atoms with E-state index in [4.69, 9.17) is 11.6 Å². The molecule has 0 aliphatic carbocycles. The SMILES string of the molecule is CC(O)Cc1cccc2n[nH]c(Cl)c12. The Bertz CT molecular complexity index is 450. The van der Waals surface area contributed by atoms with Gasteiger partial charge in [0, 0.05) is 5.39 Å². The van der Waals surface area contributed by atoms with Crippen LogP contribution in [0.25, 0.3) is 10.9 Å². The molecule has 2 N–H and O–H groups in total. The topological polar surface area (TPSA) is 48.9 Å². The van der Waals surface area contributed by atoms with E-state index in [1.165, 1.54) is 0 Å². The first-order valence-corrected chi connectivity index (χ1v) is 4.86. The van der Waals surface area contributed by atoms with E-state index < -0.39 is 0 Å². The quantitative estimate of drug-likeness (QED) is 0.798. The summed E-state index contributed by atoms with van der Waals surface area (Å²) in [5.41, 5.74) is 1.87. The van der Waals surface area contributed by atoms with Gasteiger partial charge in [-0.1, -0.05) is 23.7 Å². The van der Waals surface area contributed by atoms with E-state index in [1.807, 2.05) is 18.2 Å². The minimum atomic E-state index is -0.369. The Morgan fingerprint density at radius 2 is 2.36 bits per heavy atom. The monoisotopic (exact) mass is 210 g/mol. The number of H-pyrrole nitrogens is 1. The number of aromatic amines is 1. The van der Waals surface area contributed by atoms with Gasteiger partial charge in [0.15, 0.2) is 0 Å². The fraction of sp³-hybridized carbons (Fsp3) is 0.300. The molecule has 0 saturated heterocycles. The van der Waals surface area contributed by atoms with Crippen molar-refractivity contribution in [2.24, 2.45) is 0 Å². The molecule has 1 aromatic heterocycles. The zero-order chi connectivity index (χ0) is 10.1. The van der Waals surface area contributed by atoms with Crippen molar-refractivity contribution in [2.75, 3.05) is 0 Å². The molecule has 1 atom stereocenters. The maximum absolute atomic E-state index is 9.32. The highest BCUT2D eigenvalue weighted by molar-refractivity contribution is 6.34. The molecule has 0 bridgehead atoms. The summed E-state index contributed by atoms with van der Waals surface area (Å²) in [6.07, 6.45) is 0.225. The van der Waals surface area contributed by atoms with E-state index in [0.717, 1.165) is 16.5 Å². The molecule has 0 aliphatic heterocycles. The second-order valence-corrected chi connectivity index (χ2v) is 3.78. The Labute approximate surface area is 86.7 Å². The van der Waals surface area contributed by atoms with Crippen LogP contribution in [-0.2, 0) is 6.42 Å². The van der Waals surface area contributed by atoms with Crippen molar-refractivity contribution in [1.29, 1.82) is 0 Å². The number of nitrogens with one attached hydrogen (secondary N) is 1. The largest absolute Gasteiger partial charge is 0.393 e. The third kappa shape index (κ3) is 1.61. The molecule has 0 amide bonds. The van der Waals surface area contributed by atoms with Gasteiger partial charge in [-0.2, -0.15) is 5.10 Å². The standard InChI is InChI=1S/C10H11ClN2O/c1-6(14)5-7-3-2-4-8-9(7)10(11)13-12-8/h2-4,6,14H,5H2,1H3,(H,12,13). The summed E-state index contributed by atoms with van der Waals surface area (Å²) in [5, 5.41) is 17.5. The van der Waals surface area contributed by atoms with Gasteiger partial charge in [0.2, 0.25) is 0 Å². The lowest BCUT2D eigenvalue weighted by Crippen LogP contribution is -2.04. The number of aliphatic hydroxyl groups excluding tert-OH is 1. The summed E-state index contributed by atoms with van der Waals surface area (Å²) in [6, 6.07) is 5.76. The highest BCUT2D eigenvalue weighted by Gasteiger charge is 2.09. The summed E-state index contributed by atoms with van der Waals surface area (Å²) in [5.74, 6) is 0. The summed E-state index contributed by atoms with van der Waals surface area (Å²) in [6.45, 7) is 1.76. The molecule has 0 spiro atoms. The van der Waals surface area contributed by atoms with E-state index in [-0.39, 0.29) is 6.10 Å². The maximum Gasteiger partial charge on any atom is 0.132 e. The fourth-order valence-corrected chi connectivity index (χ4v) is 1.85. The van der Waals surface area contributed by atoms with Crippen molar-refractivity contribution in [3.63, 3.8) is 0 Å². The van der Waals surface area contributed by atoms with Crippen LogP contribution < -0.4 is 0 Å². The number of nitrogens with zero attached hydrogens (tertiary/aromatic N) is 1. The minimum absolute atomic E-state index is 0.369. The van der Waals surface area contributed by atoms with Gasteiger partial charge in [-0.25, -0.2) is 0 Å². The highest BCUT2D eigenvalue weighted by Crippen LogP contribution is 2.25. The number of aliphatic hydroxyl groups is 1. The van der Waals surface area contributed by atoms with E-state index in [2.05, 4.69) is 10.2 Å². The molecule has 2 rings (SSSR count). The molecule has 0 radical (unpaired) electrons. The van der Waals surface area contributed by atoms with Crippen molar-refractivity contribution in [3.8, 4) is 0 Å². The van der Waals surface area contributed by atoms with Crippen molar-refractivity contribution in [2.45, 2.75) is 19.4 Å². The maximum atomic E-state index is 9.32. The number of hydrogen-bond donors (Lipinski definition) is 2. The van der Waals surface area contributed by atoms with Gasteiger partial charge in [0.05, 0.1) is 11.6 Å². The first-order valence-electron chi connectivity index (χ1n) is 4.48. The lowest BCUT2D eigenvalue weighted by molar-refractivity contribution is 0.196. The zero-order valence-corrected chi connectivity index (χ0v) is 8.54. The van der Waals surface area contributed by atoms with Crippen LogP contribution in [0.1, 0.15) is 12.5 Å². The lowest BCUT2D eigenvalue weighted by Gasteiger charge is -2.05. The van der Waals surface area contributed by atoms with Crippen molar-refractivity contribution in [3.05, 3.63) is 28.9 Å². The predicted molar refractivity (Wildman–Crippen MR) is 56.5 cm³/mol. The van der Waals surface area contributed by atoms with Crippen LogP contribution in [0.4, 0.5) is 0 Å². The van der Waals surface area contributed by atoms with Crippen LogP contribution in [0.15, 0.2) is 18.2 Å². The fourth-order valence-electron chi connectivity index (χ4n) is 1.59. The van der Waals surface area contributed by atoms with Gasteiger partial charge in [0.1, 0.15) is 5.15 Å². The number of benzene rings is 1. The molecule has 1 unspecified atom stereocenters. The molecule has 1 aromatic carbocycles. The van der Waals surface area contributed by atoms with Gasteiger partial charge in [-0.05, 0) is 25.0 Å². The molecule has 14 heavy (non-hydrogen) atoms. The Hall–Kier alpha value is -1.06. The number of rotatable bonds is 2. The number of halogens is 1. The third-order valence-electron chi connectivity index (χ3n) is 2.14. The van der Waals surface area contributed by atoms with Crippen LogP contribution in [-0.4, -0.2) is 21.4 Å². The number of hydrogen-bond acceptors (Lipinski definition) is 2. The Morgan fingerprint density at radius 3 is 3.07 bits per heavy atom. The Balaban J connectivity index is 2.57. The van der Waals surface area contributed by atoms with Gasteiger partial charge in [0.25, 0.3) is 0 Å². The average molecular weight is 211 g/mol. The molecular formula is C10H11ClN2O.